The molecule has 0 aromatic heterocycles. The number of likely N-dealkylation sites (tertiary alicyclic amines) is 1. The van der Waals surface area contributed by atoms with E-state index in [0.717, 1.165) is 11.8 Å². The Bertz CT molecular complexity index is 955. The lowest BCUT2D eigenvalue weighted by Gasteiger charge is -2.19. The van der Waals surface area contributed by atoms with E-state index in [0.29, 0.717) is 28.6 Å². The van der Waals surface area contributed by atoms with E-state index in [2.05, 4.69) is 10.3 Å². The Labute approximate surface area is 173 Å². The molecule has 1 aromatic rings. The van der Waals surface area contributed by atoms with E-state index in [4.69, 9.17) is 26.9 Å². The van der Waals surface area contributed by atoms with Crippen LogP contribution in [-0.2, 0) is 0 Å². The number of ether oxygens (including phenoxy) is 1. The van der Waals surface area contributed by atoms with Gasteiger partial charge in [0.25, 0.3) is 5.91 Å². The third-order valence-electron chi connectivity index (χ3n) is 4.60. The summed E-state index contributed by atoms with van der Waals surface area (Å²) in [7, 11) is 0. The van der Waals surface area contributed by atoms with Crippen LogP contribution in [0.25, 0.3) is 0 Å². The van der Waals surface area contributed by atoms with Gasteiger partial charge in [0, 0.05) is 30.4 Å². The fraction of sp³-hybridized carbons (Fsp3) is 0.350. The van der Waals surface area contributed by atoms with Crippen LogP contribution in [0.3, 0.4) is 0 Å². The zero-order valence-electron chi connectivity index (χ0n) is 16.2. The second-order valence-corrected chi connectivity index (χ2v) is 7.17. The van der Waals surface area contributed by atoms with Crippen LogP contribution in [0.4, 0.5) is 4.39 Å². The van der Waals surface area contributed by atoms with Crippen LogP contribution < -0.4 is 10.1 Å². The Hall–Kier alpha value is -2.71. The summed E-state index contributed by atoms with van der Waals surface area (Å²) >= 11 is 6.15. The van der Waals surface area contributed by atoms with Crippen LogP contribution in [0.2, 0.25) is 0 Å². The minimum absolute atomic E-state index is 0.0658. The first kappa shape index (κ1) is 21.0. The molecule has 9 heteroatoms. The minimum Gasteiger partial charge on any atom is -0.493 e. The minimum atomic E-state index is -0.520. The van der Waals surface area contributed by atoms with Gasteiger partial charge >= 0.3 is 0 Å². The average Bonchev–Trinajstić information content (AvgIpc) is 3.07. The molecule has 3 N–H and O–H groups in total. The lowest BCUT2D eigenvalue weighted by Crippen LogP contribution is -2.29. The molecule has 7 nitrogen and oxygen atoms in total. The number of aliphatic imine (C=N–C) groups is 1. The van der Waals surface area contributed by atoms with Crippen LogP contribution in [-0.4, -0.2) is 53.6 Å². The van der Waals surface area contributed by atoms with E-state index in [1.165, 1.54) is 17.0 Å². The molecule has 2 heterocycles. The third kappa shape index (κ3) is 4.49. The van der Waals surface area contributed by atoms with Gasteiger partial charge in [-0.25, -0.2) is 9.38 Å². The molecule has 2 aliphatic heterocycles. The third-order valence-corrected chi connectivity index (χ3v) is 5.16. The first-order chi connectivity index (χ1) is 13.8. The van der Waals surface area contributed by atoms with Gasteiger partial charge in [0.15, 0.2) is 0 Å². The van der Waals surface area contributed by atoms with Crippen molar-refractivity contribution in [2.45, 2.75) is 20.3 Å². The number of nitrogens with zero attached hydrogens (tertiary/aromatic N) is 2. The zero-order chi connectivity index (χ0) is 21.1. The van der Waals surface area contributed by atoms with E-state index in [1.807, 2.05) is 6.92 Å². The maximum atomic E-state index is 13.6. The zero-order valence-corrected chi connectivity index (χ0v) is 16.9. The van der Waals surface area contributed by atoms with Crippen molar-refractivity contribution < 1.29 is 19.0 Å². The molecular weight excluding hydrogens is 399 g/mol. The molecule has 1 amide bonds. The lowest BCUT2D eigenvalue weighted by atomic mass is 10.1. The summed E-state index contributed by atoms with van der Waals surface area (Å²) in [4.78, 5) is 18.9. The first-order valence-corrected chi connectivity index (χ1v) is 9.52. The number of halogens is 2. The van der Waals surface area contributed by atoms with Crippen molar-refractivity contribution in [2.75, 3.05) is 26.3 Å². The van der Waals surface area contributed by atoms with Gasteiger partial charge in [0.2, 0.25) is 0 Å². The maximum absolute atomic E-state index is 13.6. The van der Waals surface area contributed by atoms with Gasteiger partial charge in [0.1, 0.15) is 17.4 Å². The topological polar surface area (TPSA) is 98.0 Å². The predicted octanol–water partition coefficient (Wildman–Crippen LogP) is 2.81. The smallest absolute Gasteiger partial charge is 0.258 e. The highest BCUT2D eigenvalue weighted by molar-refractivity contribution is 6.43. The summed E-state index contributed by atoms with van der Waals surface area (Å²) in [6.07, 6.45) is 0.368. The Morgan fingerprint density at radius 1 is 1.41 bits per heavy atom. The number of allylic oxidation sites excluding steroid dienone is 2. The summed E-state index contributed by atoms with van der Waals surface area (Å²) in [5.74, 6) is -0.270. The van der Waals surface area contributed by atoms with Crippen molar-refractivity contribution in [3.05, 3.63) is 51.7 Å². The average molecular weight is 421 g/mol. The molecule has 0 unspecified atom stereocenters. The van der Waals surface area contributed by atoms with Crippen molar-refractivity contribution in [1.29, 1.82) is 5.41 Å². The van der Waals surface area contributed by atoms with Crippen LogP contribution in [0.5, 0.6) is 5.75 Å². The van der Waals surface area contributed by atoms with Gasteiger partial charge in [-0.2, -0.15) is 0 Å². The number of benzene rings is 1. The first-order valence-electron chi connectivity index (χ1n) is 9.14. The number of amides is 1. The molecule has 1 aromatic carbocycles. The van der Waals surface area contributed by atoms with Crippen LogP contribution >= 0.6 is 11.6 Å². The fourth-order valence-corrected chi connectivity index (χ4v) is 3.18. The molecule has 154 valence electrons. The quantitative estimate of drug-likeness (QED) is 0.638. The van der Waals surface area contributed by atoms with Gasteiger partial charge in [-0.1, -0.05) is 11.6 Å². The highest BCUT2D eigenvalue weighted by Gasteiger charge is 2.31. The van der Waals surface area contributed by atoms with Gasteiger partial charge in [-0.05, 0) is 26.0 Å². The standard InChI is InChI=1S/C20H22ClFN4O3/c1-11-18(21)12(2)25-19(24-11)15-9-26(10-16(15)23)20(28)14-5-4-13(22)8-17(14)29-7-3-6-27/h4-5,8,23-24,27H,3,6-7,9-10H2,1-2H3/b19-15+,23-16?. The summed E-state index contributed by atoms with van der Waals surface area (Å²) in [6, 6.07) is 3.71. The monoisotopic (exact) mass is 420 g/mol. The highest BCUT2D eigenvalue weighted by Crippen LogP contribution is 2.27. The largest absolute Gasteiger partial charge is 0.493 e. The molecule has 2 aliphatic rings. The van der Waals surface area contributed by atoms with Crippen molar-refractivity contribution in [3.8, 4) is 5.75 Å². The number of hydrogen-bond donors (Lipinski definition) is 3. The molecule has 0 aliphatic carbocycles. The number of aliphatic hydroxyl groups is 1. The van der Waals surface area contributed by atoms with E-state index < -0.39 is 5.82 Å². The van der Waals surface area contributed by atoms with Crippen molar-refractivity contribution in [3.63, 3.8) is 0 Å². The lowest BCUT2D eigenvalue weighted by molar-refractivity contribution is 0.0799. The fourth-order valence-electron chi connectivity index (χ4n) is 3.09. The Morgan fingerprint density at radius 2 is 2.17 bits per heavy atom. The van der Waals surface area contributed by atoms with E-state index in [1.54, 1.807) is 6.92 Å². The van der Waals surface area contributed by atoms with Crippen LogP contribution in [0.15, 0.2) is 45.3 Å². The predicted molar refractivity (Wildman–Crippen MR) is 109 cm³/mol. The van der Waals surface area contributed by atoms with Crippen LogP contribution in [0.1, 0.15) is 30.6 Å². The van der Waals surface area contributed by atoms with Crippen molar-refractivity contribution in [1.82, 2.24) is 10.2 Å². The van der Waals surface area contributed by atoms with Crippen LogP contribution in [0, 0.1) is 11.2 Å². The van der Waals surface area contributed by atoms with E-state index in [9.17, 15) is 9.18 Å². The Morgan fingerprint density at radius 3 is 2.86 bits per heavy atom. The number of nitrogens with one attached hydrogen (secondary N) is 2. The molecule has 0 bridgehead atoms. The van der Waals surface area contributed by atoms with Crippen molar-refractivity contribution >= 4 is 28.9 Å². The van der Waals surface area contributed by atoms with Crippen molar-refractivity contribution in [2.24, 2.45) is 4.99 Å². The Balaban J connectivity index is 1.84. The number of carbonyl (C=O) groups is 1. The summed E-state index contributed by atoms with van der Waals surface area (Å²) in [5.41, 5.74) is 2.46. The molecule has 3 rings (SSSR count). The summed E-state index contributed by atoms with van der Waals surface area (Å²) < 4.78 is 19.1. The highest BCUT2D eigenvalue weighted by atomic mass is 35.5. The number of carbonyl (C=O) groups excluding carboxylic acids is 1. The number of hydrogen-bond acceptors (Lipinski definition) is 6. The normalized spacial score (nSPS) is 19.4. The molecule has 0 radical (unpaired) electrons. The van der Waals surface area contributed by atoms with Gasteiger partial charge < -0.3 is 25.5 Å². The van der Waals surface area contributed by atoms with Gasteiger partial charge in [-0.15, -0.1) is 0 Å². The number of rotatable bonds is 5. The molecule has 0 atom stereocenters. The second kappa shape index (κ2) is 8.75. The molecule has 29 heavy (non-hydrogen) atoms. The second-order valence-electron chi connectivity index (χ2n) is 6.79. The van der Waals surface area contributed by atoms with Gasteiger partial charge in [-0.3, -0.25) is 4.79 Å². The van der Waals surface area contributed by atoms with Gasteiger partial charge in [0.05, 0.1) is 41.7 Å². The SMILES string of the molecule is CC1=N/C(=C2\CN(C(=O)c3ccc(F)cc3OCCCO)CC2=N)NC(C)=C1Cl. The molecule has 0 spiro atoms. The molecular formula is C20H22ClFN4O3. The Kier molecular flexibility index (Phi) is 6.34. The number of aliphatic hydroxyl groups excluding tert-OH is 1. The molecule has 1 fully saturated rings. The summed E-state index contributed by atoms with van der Waals surface area (Å²) in [6.45, 7) is 3.99. The maximum Gasteiger partial charge on any atom is 0.258 e. The summed E-state index contributed by atoms with van der Waals surface area (Å²) in [5, 5.41) is 20.8. The molecule has 0 saturated carbocycles. The molecule has 1 saturated heterocycles. The van der Waals surface area contributed by atoms with E-state index in [-0.39, 0.29) is 49.2 Å². The van der Waals surface area contributed by atoms with E-state index >= 15 is 0 Å².